The number of non-ortho nitro benzene ring substituents is 1. The summed E-state index contributed by atoms with van der Waals surface area (Å²) in [4.78, 5) is 28.5. The minimum atomic E-state index is -0.498. The summed E-state index contributed by atoms with van der Waals surface area (Å²) in [6.45, 7) is 0.224. The van der Waals surface area contributed by atoms with Crippen LogP contribution in [-0.4, -0.2) is 39.5 Å². The largest absolute Gasteiger partial charge is 0.338 e. The first-order valence-electron chi connectivity index (χ1n) is 8.33. The summed E-state index contributed by atoms with van der Waals surface area (Å²) in [6, 6.07) is 10.9. The lowest BCUT2D eigenvalue weighted by Crippen LogP contribution is -2.30. The zero-order valence-electron chi connectivity index (χ0n) is 15.1. The van der Waals surface area contributed by atoms with Crippen LogP contribution in [0, 0.1) is 10.1 Å². The van der Waals surface area contributed by atoms with Crippen molar-refractivity contribution in [3.63, 3.8) is 0 Å². The summed E-state index contributed by atoms with van der Waals surface area (Å²) in [5.74, 6) is 0.169. The lowest BCUT2D eigenvalue weighted by Gasteiger charge is -2.15. The van der Waals surface area contributed by atoms with Crippen LogP contribution in [0.25, 0.3) is 11.4 Å². The van der Waals surface area contributed by atoms with Gasteiger partial charge in [-0.1, -0.05) is 46.6 Å². The van der Waals surface area contributed by atoms with Gasteiger partial charge in [0.05, 0.1) is 33.7 Å². The lowest BCUT2D eigenvalue weighted by atomic mass is 10.2. The highest BCUT2D eigenvalue weighted by Crippen LogP contribution is 2.29. The first-order chi connectivity index (χ1) is 13.8. The Kier molecular flexibility index (Phi) is 6.42. The van der Waals surface area contributed by atoms with Crippen LogP contribution in [0.15, 0.2) is 47.0 Å². The molecule has 1 amide bonds. The van der Waals surface area contributed by atoms with E-state index in [4.69, 9.17) is 27.7 Å². The van der Waals surface area contributed by atoms with Crippen LogP contribution in [0.3, 0.4) is 0 Å². The third-order valence-electron chi connectivity index (χ3n) is 3.83. The van der Waals surface area contributed by atoms with Gasteiger partial charge in [-0.3, -0.25) is 19.8 Å². The molecular formula is C18H15Cl2N5O4. The summed E-state index contributed by atoms with van der Waals surface area (Å²) in [6.07, 6.45) is 0. The average Bonchev–Trinajstić information content (AvgIpc) is 3.13. The second-order valence-corrected chi connectivity index (χ2v) is 6.95. The highest BCUT2D eigenvalue weighted by molar-refractivity contribution is 6.39. The van der Waals surface area contributed by atoms with Gasteiger partial charge in [0.1, 0.15) is 0 Å². The number of nitro benzene ring substituents is 1. The monoisotopic (exact) mass is 435 g/mol. The summed E-state index contributed by atoms with van der Waals surface area (Å²) >= 11 is 12.1. The molecule has 29 heavy (non-hydrogen) atoms. The predicted molar refractivity (Wildman–Crippen MR) is 108 cm³/mol. The molecule has 1 heterocycles. The molecule has 150 valence electrons. The Bertz CT molecular complexity index is 1040. The van der Waals surface area contributed by atoms with Gasteiger partial charge in [-0.2, -0.15) is 4.98 Å². The van der Waals surface area contributed by atoms with E-state index in [0.717, 1.165) is 0 Å². The maximum Gasteiger partial charge on any atom is 0.270 e. The van der Waals surface area contributed by atoms with Gasteiger partial charge in [0.15, 0.2) is 0 Å². The second-order valence-electron chi connectivity index (χ2n) is 6.14. The van der Waals surface area contributed by atoms with Crippen molar-refractivity contribution in [3.8, 4) is 11.4 Å². The quantitative estimate of drug-likeness (QED) is 0.439. The predicted octanol–water partition coefficient (Wildman–Crippen LogP) is 4.02. The Morgan fingerprint density at radius 3 is 2.62 bits per heavy atom. The molecule has 0 atom stereocenters. The van der Waals surface area contributed by atoms with Gasteiger partial charge in [0.25, 0.3) is 5.69 Å². The molecule has 0 aliphatic rings. The summed E-state index contributed by atoms with van der Waals surface area (Å²) in [7, 11) is 1.70. The molecule has 0 aliphatic carbocycles. The van der Waals surface area contributed by atoms with Gasteiger partial charge >= 0.3 is 0 Å². The standard InChI is InChI=1S/C18H15Cl2N5O4/c1-24(9-15(26)21-17-13(19)6-3-7-14(17)20)10-16-22-18(23-29-16)11-4-2-5-12(8-11)25(27)28/h2-8H,9-10H2,1H3,(H,21,26). The molecule has 0 spiro atoms. The van der Waals surface area contributed by atoms with Crippen LogP contribution in [0.4, 0.5) is 11.4 Å². The number of nitro groups is 1. The first kappa shape index (κ1) is 20.7. The average molecular weight is 436 g/mol. The number of amides is 1. The number of anilines is 1. The molecule has 0 aliphatic heterocycles. The normalized spacial score (nSPS) is 10.9. The number of nitrogens with one attached hydrogen (secondary N) is 1. The van der Waals surface area contributed by atoms with E-state index in [9.17, 15) is 14.9 Å². The molecule has 0 fully saturated rings. The van der Waals surface area contributed by atoms with Crippen molar-refractivity contribution in [1.82, 2.24) is 15.0 Å². The van der Waals surface area contributed by atoms with E-state index >= 15 is 0 Å². The highest BCUT2D eigenvalue weighted by atomic mass is 35.5. The van der Waals surface area contributed by atoms with Crippen LogP contribution in [0.5, 0.6) is 0 Å². The highest BCUT2D eigenvalue weighted by Gasteiger charge is 2.16. The number of carbonyl (C=O) groups excluding carboxylic acids is 1. The molecule has 1 N–H and O–H groups in total. The maximum atomic E-state index is 12.2. The zero-order chi connectivity index (χ0) is 21.0. The number of hydrogen-bond donors (Lipinski definition) is 1. The van der Waals surface area contributed by atoms with Crippen LogP contribution in [-0.2, 0) is 11.3 Å². The van der Waals surface area contributed by atoms with Gasteiger partial charge in [0, 0.05) is 17.7 Å². The van der Waals surface area contributed by atoms with Gasteiger partial charge in [-0.15, -0.1) is 0 Å². The van der Waals surface area contributed by atoms with Crippen LogP contribution in [0.2, 0.25) is 10.0 Å². The number of likely N-dealkylation sites (N-methyl/N-ethyl adjacent to an activating group) is 1. The molecule has 9 nitrogen and oxygen atoms in total. The van der Waals surface area contributed by atoms with Gasteiger partial charge in [-0.05, 0) is 19.2 Å². The number of benzene rings is 2. The van der Waals surface area contributed by atoms with E-state index in [1.54, 1.807) is 42.3 Å². The summed E-state index contributed by atoms with van der Waals surface area (Å²) in [5.41, 5.74) is 0.740. The molecule has 11 heteroatoms. The van der Waals surface area contributed by atoms with E-state index in [-0.39, 0.29) is 36.4 Å². The molecule has 0 saturated heterocycles. The smallest absolute Gasteiger partial charge is 0.270 e. The van der Waals surface area contributed by atoms with E-state index < -0.39 is 4.92 Å². The van der Waals surface area contributed by atoms with E-state index in [1.165, 1.54) is 12.1 Å². The third kappa shape index (κ3) is 5.29. The number of para-hydroxylation sites is 1. The Morgan fingerprint density at radius 1 is 1.24 bits per heavy atom. The zero-order valence-corrected chi connectivity index (χ0v) is 16.6. The van der Waals surface area contributed by atoms with Crippen molar-refractivity contribution < 1.29 is 14.2 Å². The number of nitrogens with zero attached hydrogens (tertiary/aromatic N) is 4. The minimum Gasteiger partial charge on any atom is -0.338 e. The fraction of sp³-hybridized carbons (Fsp3) is 0.167. The van der Waals surface area contributed by atoms with E-state index in [1.807, 2.05) is 0 Å². The van der Waals surface area contributed by atoms with Crippen molar-refractivity contribution in [3.05, 3.63) is 68.5 Å². The van der Waals surface area contributed by atoms with Crippen LogP contribution in [0.1, 0.15) is 5.89 Å². The van der Waals surface area contributed by atoms with E-state index in [0.29, 0.717) is 21.3 Å². The topological polar surface area (TPSA) is 114 Å². The Labute approximate surface area is 175 Å². The van der Waals surface area contributed by atoms with Gasteiger partial charge in [0.2, 0.25) is 17.6 Å². The lowest BCUT2D eigenvalue weighted by molar-refractivity contribution is -0.384. The third-order valence-corrected chi connectivity index (χ3v) is 4.46. The molecule has 3 aromatic rings. The Morgan fingerprint density at radius 2 is 1.93 bits per heavy atom. The number of aromatic nitrogens is 2. The number of halogens is 2. The molecule has 0 bridgehead atoms. The molecule has 0 unspecified atom stereocenters. The molecule has 3 rings (SSSR count). The van der Waals surface area contributed by atoms with Crippen molar-refractivity contribution in [2.45, 2.75) is 6.54 Å². The number of rotatable bonds is 7. The van der Waals surface area contributed by atoms with Crippen molar-refractivity contribution >= 4 is 40.5 Å². The fourth-order valence-electron chi connectivity index (χ4n) is 2.52. The Balaban J connectivity index is 1.61. The first-order valence-corrected chi connectivity index (χ1v) is 9.09. The summed E-state index contributed by atoms with van der Waals surface area (Å²) in [5, 5.41) is 18.1. The molecule has 1 aromatic heterocycles. The SMILES string of the molecule is CN(CC(=O)Nc1c(Cl)cccc1Cl)Cc1nc(-c2cccc([N+](=O)[O-])c2)no1. The molecule has 2 aromatic carbocycles. The molecule has 0 radical (unpaired) electrons. The number of carbonyl (C=O) groups is 1. The Hall–Kier alpha value is -3.01. The second kappa shape index (κ2) is 8.99. The minimum absolute atomic E-state index is 0.0239. The number of hydrogen-bond acceptors (Lipinski definition) is 7. The van der Waals surface area contributed by atoms with Crippen LogP contribution < -0.4 is 5.32 Å². The molecule has 0 saturated carbocycles. The molecular weight excluding hydrogens is 421 g/mol. The van der Waals surface area contributed by atoms with Crippen molar-refractivity contribution in [2.24, 2.45) is 0 Å². The van der Waals surface area contributed by atoms with Crippen LogP contribution >= 0.6 is 23.2 Å². The fourth-order valence-corrected chi connectivity index (χ4v) is 3.01. The van der Waals surface area contributed by atoms with Gasteiger partial charge < -0.3 is 9.84 Å². The maximum absolute atomic E-state index is 12.2. The van der Waals surface area contributed by atoms with Gasteiger partial charge in [-0.25, -0.2) is 0 Å². The van der Waals surface area contributed by atoms with E-state index in [2.05, 4.69) is 15.5 Å². The summed E-state index contributed by atoms with van der Waals surface area (Å²) < 4.78 is 5.18. The van der Waals surface area contributed by atoms with Crippen molar-refractivity contribution in [2.75, 3.05) is 18.9 Å². The van der Waals surface area contributed by atoms with Crippen molar-refractivity contribution in [1.29, 1.82) is 0 Å².